The summed E-state index contributed by atoms with van der Waals surface area (Å²) in [4.78, 5) is 29.7. The summed E-state index contributed by atoms with van der Waals surface area (Å²) in [5.41, 5.74) is 6.93. The Bertz CT molecular complexity index is 1910. The highest BCUT2D eigenvalue weighted by molar-refractivity contribution is 6.39. The molecule has 182 valence electrons. The Kier molecular flexibility index (Phi) is 4.65. The van der Waals surface area contributed by atoms with Crippen molar-refractivity contribution in [3.8, 4) is 5.75 Å². The van der Waals surface area contributed by atoms with Crippen LogP contribution < -0.4 is 10.6 Å². The molecular weight excluding hydrogens is 464 g/mol. The fourth-order valence-corrected chi connectivity index (χ4v) is 5.91. The standard InChI is InChI=1S/C30H24N4O3/c1-34-27-17(15-31-14-13-16-9-11-18(35)12-10-16)5-4-7-20(27)23-25-24(29(36)33-30(25)37)22-19-6-2-3-8-21(19)32-26(22)28(23)34/h2-12,31-32,35H,13-15H2,1H3,(H,33,36,37). The van der Waals surface area contributed by atoms with Crippen LogP contribution >= 0.6 is 0 Å². The second-order valence-corrected chi connectivity index (χ2v) is 9.64. The number of phenolic OH excluding ortho intramolecular Hbond substituents is 1. The van der Waals surface area contributed by atoms with E-state index in [1.165, 1.54) is 0 Å². The molecule has 0 spiro atoms. The minimum Gasteiger partial charge on any atom is -0.508 e. The molecule has 0 aliphatic carbocycles. The molecule has 0 radical (unpaired) electrons. The number of nitrogens with zero attached hydrogens (tertiary/aromatic N) is 1. The van der Waals surface area contributed by atoms with Gasteiger partial charge in [0.2, 0.25) is 0 Å². The summed E-state index contributed by atoms with van der Waals surface area (Å²) < 4.78 is 2.15. The lowest BCUT2D eigenvalue weighted by atomic mass is 9.96. The molecule has 6 aromatic rings. The molecule has 1 aliphatic heterocycles. The third-order valence-corrected chi connectivity index (χ3v) is 7.51. The van der Waals surface area contributed by atoms with Gasteiger partial charge in [0.15, 0.2) is 0 Å². The molecule has 7 nitrogen and oxygen atoms in total. The van der Waals surface area contributed by atoms with Gasteiger partial charge < -0.3 is 20.0 Å². The van der Waals surface area contributed by atoms with E-state index in [0.29, 0.717) is 17.7 Å². The van der Waals surface area contributed by atoms with Gasteiger partial charge in [-0.05, 0) is 42.3 Å². The molecule has 2 aromatic heterocycles. The second-order valence-electron chi connectivity index (χ2n) is 9.64. The SMILES string of the molecule is Cn1c2c(CNCCc3ccc(O)cc3)cccc2c2c3c(c4c5ccccc5[nH]c4c21)C(=O)NC3=O. The quantitative estimate of drug-likeness (QED) is 0.205. The molecule has 0 saturated carbocycles. The molecule has 0 unspecified atom stereocenters. The lowest BCUT2D eigenvalue weighted by Crippen LogP contribution is -2.20. The van der Waals surface area contributed by atoms with E-state index in [4.69, 9.17) is 0 Å². The van der Waals surface area contributed by atoms with E-state index in [2.05, 4.69) is 26.3 Å². The number of aryl methyl sites for hydroxylation is 1. The van der Waals surface area contributed by atoms with Crippen LogP contribution in [0.4, 0.5) is 0 Å². The van der Waals surface area contributed by atoms with Crippen molar-refractivity contribution in [3.63, 3.8) is 0 Å². The van der Waals surface area contributed by atoms with Gasteiger partial charge in [0.25, 0.3) is 11.8 Å². The van der Waals surface area contributed by atoms with Gasteiger partial charge in [-0.15, -0.1) is 0 Å². The summed E-state index contributed by atoms with van der Waals surface area (Å²) in [6.07, 6.45) is 0.844. The number of para-hydroxylation sites is 2. The molecule has 1 aliphatic rings. The fraction of sp³-hybridized carbons (Fsp3) is 0.133. The van der Waals surface area contributed by atoms with Crippen molar-refractivity contribution in [2.45, 2.75) is 13.0 Å². The van der Waals surface area contributed by atoms with Gasteiger partial charge in [-0.25, -0.2) is 0 Å². The molecule has 0 atom stereocenters. The minimum atomic E-state index is -0.347. The number of phenols is 1. The van der Waals surface area contributed by atoms with E-state index in [9.17, 15) is 14.7 Å². The topological polar surface area (TPSA) is 99.2 Å². The average Bonchev–Trinajstić information content (AvgIpc) is 3.52. The van der Waals surface area contributed by atoms with Crippen molar-refractivity contribution >= 4 is 55.4 Å². The van der Waals surface area contributed by atoms with Gasteiger partial charge in [0, 0.05) is 40.7 Å². The highest BCUT2D eigenvalue weighted by Gasteiger charge is 2.35. The van der Waals surface area contributed by atoms with Crippen LogP contribution in [-0.2, 0) is 20.0 Å². The summed E-state index contributed by atoms with van der Waals surface area (Å²) in [5.74, 6) is -0.423. The first-order chi connectivity index (χ1) is 18.0. The van der Waals surface area contributed by atoms with Crippen molar-refractivity contribution in [2.75, 3.05) is 6.54 Å². The molecule has 7 rings (SSSR count). The zero-order valence-corrected chi connectivity index (χ0v) is 20.2. The molecule has 4 N–H and O–H groups in total. The van der Waals surface area contributed by atoms with Crippen molar-refractivity contribution < 1.29 is 14.7 Å². The number of aromatic nitrogens is 2. The number of H-pyrrole nitrogens is 1. The van der Waals surface area contributed by atoms with Crippen molar-refractivity contribution in [3.05, 3.63) is 89.0 Å². The Labute approximate surface area is 211 Å². The third kappa shape index (κ3) is 3.11. The predicted molar refractivity (Wildman–Crippen MR) is 145 cm³/mol. The first-order valence-corrected chi connectivity index (χ1v) is 12.3. The molecule has 0 saturated heterocycles. The number of benzene rings is 4. The van der Waals surface area contributed by atoms with E-state index in [1.54, 1.807) is 12.1 Å². The number of hydrogen-bond acceptors (Lipinski definition) is 4. The summed E-state index contributed by atoms with van der Waals surface area (Å²) in [6.45, 7) is 1.44. The van der Waals surface area contributed by atoms with Crippen LogP contribution in [-0.4, -0.2) is 33.0 Å². The highest BCUT2D eigenvalue weighted by Crippen LogP contribution is 2.43. The molecule has 0 bridgehead atoms. The maximum atomic E-state index is 13.1. The Morgan fingerprint density at radius 2 is 1.57 bits per heavy atom. The summed E-state index contributed by atoms with van der Waals surface area (Å²) in [6, 6.07) is 21.3. The first-order valence-electron chi connectivity index (χ1n) is 12.3. The zero-order valence-electron chi connectivity index (χ0n) is 20.2. The zero-order chi connectivity index (χ0) is 25.3. The van der Waals surface area contributed by atoms with Gasteiger partial charge in [-0.2, -0.15) is 0 Å². The van der Waals surface area contributed by atoms with Gasteiger partial charge in [0.05, 0.1) is 27.7 Å². The van der Waals surface area contributed by atoms with Crippen LogP contribution in [0.15, 0.2) is 66.7 Å². The van der Waals surface area contributed by atoms with Gasteiger partial charge in [-0.3, -0.25) is 14.9 Å². The maximum absolute atomic E-state index is 13.1. The number of carbonyl (C=O) groups is 2. The number of aromatic amines is 1. The number of aromatic hydroxyl groups is 1. The lowest BCUT2D eigenvalue weighted by molar-refractivity contribution is 0.0880. The number of nitrogens with one attached hydrogen (secondary N) is 3. The van der Waals surface area contributed by atoms with Crippen LogP contribution in [0.5, 0.6) is 5.75 Å². The number of rotatable bonds is 5. The van der Waals surface area contributed by atoms with Crippen molar-refractivity contribution in [1.82, 2.24) is 20.2 Å². The van der Waals surface area contributed by atoms with Crippen molar-refractivity contribution in [1.29, 1.82) is 0 Å². The summed E-state index contributed by atoms with van der Waals surface area (Å²) >= 11 is 0. The Morgan fingerprint density at radius 1 is 0.838 bits per heavy atom. The van der Waals surface area contributed by atoms with Gasteiger partial charge in [0.1, 0.15) is 5.75 Å². The normalized spacial score (nSPS) is 13.3. The predicted octanol–water partition coefficient (Wildman–Crippen LogP) is 4.89. The fourth-order valence-electron chi connectivity index (χ4n) is 5.91. The molecule has 2 amide bonds. The Hall–Kier alpha value is -4.62. The molecular formula is C30H24N4O3. The van der Waals surface area contributed by atoms with Gasteiger partial charge >= 0.3 is 0 Å². The second kappa shape index (κ2) is 7.94. The number of fused-ring (bicyclic) bond motifs is 10. The number of amides is 2. The van der Waals surface area contributed by atoms with E-state index in [1.807, 2.05) is 55.6 Å². The average molecular weight is 489 g/mol. The maximum Gasteiger partial charge on any atom is 0.259 e. The minimum absolute atomic E-state index is 0.269. The molecule has 0 fully saturated rings. The molecule has 4 aromatic carbocycles. The van der Waals surface area contributed by atoms with Gasteiger partial charge in [-0.1, -0.05) is 48.5 Å². The molecule has 3 heterocycles. The molecule has 7 heteroatoms. The smallest absolute Gasteiger partial charge is 0.259 e. The van der Waals surface area contributed by atoms with Crippen LogP contribution in [0, 0.1) is 0 Å². The van der Waals surface area contributed by atoms with E-state index >= 15 is 0 Å². The van der Waals surface area contributed by atoms with E-state index in [0.717, 1.165) is 67.7 Å². The summed E-state index contributed by atoms with van der Waals surface area (Å²) in [7, 11) is 2.02. The largest absolute Gasteiger partial charge is 0.508 e. The lowest BCUT2D eigenvalue weighted by Gasteiger charge is -2.09. The van der Waals surface area contributed by atoms with E-state index < -0.39 is 0 Å². The molecule has 37 heavy (non-hydrogen) atoms. The van der Waals surface area contributed by atoms with Crippen LogP contribution in [0.25, 0.3) is 43.6 Å². The van der Waals surface area contributed by atoms with Crippen LogP contribution in [0.2, 0.25) is 0 Å². The third-order valence-electron chi connectivity index (χ3n) is 7.51. The number of carbonyl (C=O) groups excluding carboxylic acids is 2. The Morgan fingerprint density at radius 3 is 2.38 bits per heavy atom. The number of imide groups is 1. The first kappa shape index (κ1) is 21.6. The monoisotopic (exact) mass is 488 g/mol. The summed E-state index contributed by atoms with van der Waals surface area (Å²) in [5, 5.41) is 19.1. The Balaban J connectivity index is 1.40. The van der Waals surface area contributed by atoms with E-state index in [-0.39, 0.29) is 17.6 Å². The van der Waals surface area contributed by atoms with Crippen molar-refractivity contribution in [2.24, 2.45) is 7.05 Å². The number of hydrogen-bond donors (Lipinski definition) is 4. The van der Waals surface area contributed by atoms with Crippen LogP contribution in [0.3, 0.4) is 0 Å². The van der Waals surface area contributed by atoms with Crippen LogP contribution in [0.1, 0.15) is 31.8 Å². The highest BCUT2D eigenvalue weighted by atomic mass is 16.3.